The monoisotopic (exact) mass is 1040 g/mol. The Balaban J connectivity index is 0.934. The van der Waals surface area contributed by atoms with Crippen molar-refractivity contribution in [3.05, 3.63) is 295 Å². The number of nitrogens with zero attached hydrogens (tertiary/aromatic N) is 1. The molecule has 15 rings (SSSR count). The molecule has 0 aromatic heterocycles. The number of aromatic hydroxyl groups is 1. The normalized spacial score (nSPS) is 13.4. The Morgan fingerprint density at radius 2 is 0.778 bits per heavy atom. The number of para-hydroxylation sites is 1. The summed E-state index contributed by atoms with van der Waals surface area (Å²) in [7, 11) is 0. The van der Waals surface area contributed by atoms with Crippen LogP contribution in [-0.2, 0) is 10.8 Å². The summed E-state index contributed by atoms with van der Waals surface area (Å²) in [5.41, 5.74) is 23.3. The first-order chi connectivity index (χ1) is 39.6. The lowest BCUT2D eigenvalue weighted by atomic mass is 9.34. The summed E-state index contributed by atoms with van der Waals surface area (Å²) in [5, 5.41) is 19.8. The van der Waals surface area contributed by atoms with Gasteiger partial charge in [-0.15, -0.1) is 0 Å². The zero-order valence-corrected chi connectivity index (χ0v) is 46.0. The molecule has 2 aliphatic rings. The van der Waals surface area contributed by atoms with Crippen molar-refractivity contribution in [2.75, 3.05) is 4.90 Å². The van der Waals surface area contributed by atoms with E-state index in [0.717, 1.165) is 55.5 Å². The molecular weight excluding hydrogens is 978 g/mol. The van der Waals surface area contributed by atoms with Crippen LogP contribution in [-0.4, -0.2) is 11.8 Å². The molecule has 0 atom stereocenters. The summed E-state index contributed by atoms with van der Waals surface area (Å²) in [6.07, 6.45) is 0. The molecule has 81 heavy (non-hydrogen) atoms. The Bertz CT molecular complexity index is 4670. The van der Waals surface area contributed by atoms with E-state index in [9.17, 15) is 5.11 Å². The van der Waals surface area contributed by atoms with E-state index in [0.29, 0.717) is 0 Å². The molecule has 0 saturated carbocycles. The third-order valence-corrected chi connectivity index (χ3v) is 18.1. The standard InChI is InChI=1S/C78H58BNO/c1-77(2)68-37-19-15-33-59(68)61-44-42-52(46-70(61)77)80(74-41-22-18-29-55(74)51-26-9-6-10-27-51)53-43-45-63(75(81)47-53)65-48-66-58-32-13-14-35-62(58)73(49-67(66)57-31-12-11-30-56(57)65)79(71-39-21-17-28-54(71)50-24-7-5-8-25-50)72-40-23-36-64-60-34-16-20-38-69(60)78(3,4)76(64)72/h5-49,81H,1-4H3. The van der Waals surface area contributed by atoms with E-state index in [1.807, 2.05) is 6.07 Å². The van der Waals surface area contributed by atoms with Crippen molar-refractivity contribution < 1.29 is 5.11 Å². The van der Waals surface area contributed by atoms with Gasteiger partial charge in [-0.1, -0.05) is 275 Å². The summed E-state index contributed by atoms with van der Waals surface area (Å²) >= 11 is 0. The van der Waals surface area contributed by atoms with Crippen LogP contribution in [0.1, 0.15) is 49.9 Å². The Morgan fingerprint density at radius 3 is 1.48 bits per heavy atom. The quantitative estimate of drug-likeness (QED) is 0.115. The Kier molecular flexibility index (Phi) is 11.2. The van der Waals surface area contributed by atoms with Crippen LogP contribution in [0.3, 0.4) is 0 Å². The third-order valence-electron chi connectivity index (χ3n) is 18.1. The highest BCUT2D eigenvalue weighted by molar-refractivity contribution is 6.98. The molecule has 0 saturated heterocycles. The number of phenols is 1. The minimum absolute atomic E-state index is 0.128. The fourth-order valence-electron chi connectivity index (χ4n) is 14.4. The van der Waals surface area contributed by atoms with Gasteiger partial charge in [0.2, 0.25) is 6.71 Å². The minimum Gasteiger partial charge on any atom is -0.507 e. The van der Waals surface area contributed by atoms with Gasteiger partial charge in [-0.3, -0.25) is 0 Å². The van der Waals surface area contributed by atoms with E-state index in [1.165, 1.54) is 88.2 Å². The largest absolute Gasteiger partial charge is 0.507 e. The average molecular weight is 1040 g/mol. The predicted molar refractivity (Wildman–Crippen MR) is 344 cm³/mol. The maximum absolute atomic E-state index is 12.8. The predicted octanol–water partition coefficient (Wildman–Crippen LogP) is 18.5. The van der Waals surface area contributed by atoms with Crippen molar-refractivity contribution in [1.82, 2.24) is 0 Å². The number of anilines is 3. The molecule has 0 bridgehead atoms. The second-order valence-corrected chi connectivity index (χ2v) is 23.2. The van der Waals surface area contributed by atoms with Crippen LogP contribution >= 0.6 is 0 Å². The van der Waals surface area contributed by atoms with Crippen LogP contribution < -0.4 is 21.3 Å². The number of benzene rings is 13. The van der Waals surface area contributed by atoms with Crippen molar-refractivity contribution >= 4 is 72.5 Å². The third kappa shape index (κ3) is 7.56. The first kappa shape index (κ1) is 48.4. The average Bonchev–Trinajstić information content (AvgIpc) is 4.13. The first-order valence-electron chi connectivity index (χ1n) is 28.4. The fraction of sp³-hybridized carbons (Fsp3) is 0.0769. The lowest BCUT2D eigenvalue weighted by Crippen LogP contribution is -2.55. The van der Waals surface area contributed by atoms with Gasteiger partial charge in [0.1, 0.15) is 5.75 Å². The topological polar surface area (TPSA) is 23.5 Å². The molecule has 1 N–H and O–H groups in total. The zero-order chi connectivity index (χ0) is 54.6. The molecular formula is C78H58BNO. The molecule has 2 nitrogen and oxygen atoms in total. The lowest BCUT2D eigenvalue weighted by Gasteiger charge is -2.30. The zero-order valence-electron chi connectivity index (χ0n) is 46.0. The minimum atomic E-state index is -0.235. The van der Waals surface area contributed by atoms with Gasteiger partial charge in [0.15, 0.2) is 0 Å². The van der Waals surface area contributed by atoms with Gasteiger partial charge >= 0.3 is 0 Å². The smallest absolute Gasteiger partial charge is 0.243 e. The molecule has 384 valence electrons. The van der Waals surface area contributed by atoms with E-state index in [1.54, 1.807) is 0 Å². The maximum atomic E-state index is 12.8. The molecule has 3 heteroatoms. The fourth-order valence-corrected chi connectivity index (χ4v) is 14.4. The van der Waals surface area contributed by atoms with Gasteiger partial charge in [0, 0.05) is 39.4 Å². The molecule has 0 fully saturated rings. The van der Waals surface area contributed by atoms with Crippen LogP contribution in [0.5, 0.6) is 5.75 Å². The van der Waals surface area contributed by atoms with Gasteiger partial charge in [0.25, 0.3) is 0 Å². The molecule has 0 heterocycles. The highest BCUT2D eigenvalue weighted by atomic mass is 16.3. The van der Waals surface area contributed by atoms with Gasteiger partial charge in [-0.2, -0.15) is 0 Å². The Morgan fingerprint density at radius 1 is 0.296 bits per heavy atom. The lowest BCUT2D eigenvalue weighted by molar-refractivity contribution is 0.477. The number of hydrogen-bond donors (Lipinski definition) is 1. The first-order valence-corrected chi connectivity index (χ1v) is 28.4. The summed E-state index contributed by atoms with van der Waals surface area (Å²) in [6.45, 7) is 9.35. The SMILES string of the molecule is CC1(C)c2ccccc2-c2ccc(N(c3ccc(-c4cc5c6ccccc6c(B(c6ccccc6-c6ccccc6)c6cccc7c6C(C)(C)c6ccccc6-7)cc5c5ccccc45)c(O)c3)c3ccccc3-c3ccccc3)cc21. The van der Waals surface area contributed by atoms with Crippen molar-refractivity contribution in [2.45, 2.75) is 38.5 Å². The highest BCUT2D eigenvalue weighted by Gasteiger charge is 2.41. The van der Waals surface area contributed by atoms with Crippen LogP contribution in [0, 0.1) is 0 Å². The molecule has 0 radical (unpaired) electrons. The number of rotatable bonds is 9. The number of phenolic OH excluding ortho intramolecular Hbond substituents is 1. The molecule has 0 aliphatic heterocycles. The van der Waals surface area contributed by atoms with E-state index < -0.39 is 0 Å². The molecule has 13 aromatic carbocycles. The Labute approximate surface area is 475 Å². The Hall–Kier alpha value is -9.70. The number of hydrogen-bond acceptors (Lipinski definition) is 2. The molecule has 0 unspecified atom stereocenters. The van der Waals surface area contributed by atoms with E-state index in [4.69, 9.17) is 0 Å². The summed E-state index contributed by atoms with van der Waals surface area (Å²) in [6, 6.07) is 99.8. The van der Waals surface area contributed by atoms with Crippen molar-refractivity contribution in [2.24, 2.45) is 0 Å². The van der Waals surface area contributed by atoms with E-state index >= 15 is 0 Å². The maximum Gasteiger partial charge on any atom is 0.243 e. The van der Waals surface area contributed by atoms with E-state index in [-0.39, 0.29) is 23.3 Å². The molecule has 13 aromatic rings. The van der Waals surface area contributed by atoms with Crippen LogP contribution in [0.25, 0.3) is 88.0 Å². The van der Waals surface area contributed by atoms with Gasteiger partial charge in [-0.25, -0.2) is 0 Å². The van der Waals surface area contributed by atoms with Gasteiger partial charge < -0.3 is 10.0 Å². The highest BCUT2D eigenvalue weighted by Crippen LogP contribution is 2.53. The number of fused-ring (bicyclic) bond motifs is 11. The summed E-state index contributed by atoms with van der Waals surface area (Å²) in [5.74, 6) is 0.216. The van der Waals surface area contributed by atoms with Gasteiger partial charge in [0.05, 0.1) is 5.69 Å². The van der Waals surface area contributed by atoms with Crippen LogP contribution in [0.15, 0.2) is 273 Å². The summed E-state index contributed by atoms with van der Waals surface area (Å²) < 4.78 is 0. The van der Waals surface area contributed by atoms with Crippen molar-refractivity contribution in [3.63, 3.8) is 0 Å². The molecule has 0 spiro atoms. The van der Waals surface area contributed by atoms with Crippen LogP contribution in [0.2, 0.25) is 0 Å². The van der Waals surface area contributed by atoms with Crippen molar-refractivity contribution in [3.8, 4) is 61.4 Å². The molecule has 2 aliphatic carbocycles. The van der Waals surface area contributed by atoms with E-state index in [2.05, 4.69) is 300 Å². The second-order valence-electron chi connectivity index (χ2n) is 23.2. The van der Waals surface area contributed by atoms with Gasteiger partial charge in [-0.05, 0) is 135 Å². The molecule has 0 amide bonds. The van der Waals surface area contributed by atoms with Crippen molar-refractivity contribution in [1.29, 1.82) is 0 Å². The summed E-state index contributed by atoms with van der Waals surface area (Å²) in [4.78, 5) is 2.33. The van der Waals surface area contributed by atoms with Crippen LogP contribution in [0.4, 0.5) is 17.1 Å². The second kappa shape index (κ2) is 18.7.